The molecule has 0 aliphatic carbocycles. The Labute approximate surface area is 237 Å². The third-order valence-electron chi connectivity index (χ3n) is 5.33. The summed E-state index contributed by atoms with van der Waals surface area (Å²) < 4.78 is 65.4. The first-order valence-electron chi connectivity index (χ1n) is 10.1. The summed E-state index contributed by atoms with van der Waals surface area (Å²) in [5.74, 6) is -7.65. The predicted octanol–water partition coefficient (Wildman–Crippen LogP) is -0.461. The van der Waals surface area contributed by atoms with Crippen molar-refractivity contribution in [3.8, 4) is 0 Å². The van der Waals surface area contributed by atoms with E-state index >= 15 is 0 Å². The maximum atomic E-state index is 13.7. The standard InChI is InChI=1S/2C9H11F2N3O4.2CH4.2ClH/c2*10-9(11)6(16)4(3-15)18-7(9)14-2-1-5(12)13-8(14)17;;;;/h2*1-2,4,6-7,15-16H,3H2,(H2,12,13,17);2*1H4;2*1H/t2*4-,6?,7-;;;;/m11..../s1. The molecule has 0 spiro atoms. The zero-order valence-electron chi connectivity index (χ0n) is 18.9. The van der Waals surface area contributed by atoms with E-state index in [-0.39, 0.29) is 51.3 Å². The Bertz CT molecular complexity index is 1120. The highest BCUT2D eigenvalue weighted by molar-refractivity contribution is 5.85. The molecule has 14 nitrogen and oxygen atoms in total. The Morgan fingerprint density at radius 3 is 1.30 bits per heavy atom. The van der Waals surface area contributed by atoms with Crippen LogP contribution in [-0.2, 0) is 9.47 Å². The molecule has 2 aromatic rings. The first kappa shape index (κ1) is 39.6. The Balaban J connectivity index is 0. The van der Waals surface area contributed by atoms with Crippen LogP contribution in [0.1, 0.15) is 27.3 Å². The Kier molecular flexibility index (Phi) is 14.7. The quantitative estimate of drug-likeness (QED) is 0.236. The van der Waals surface area contributed by atoms with Gasteiger partial charge in [0.05, 0.1) is 13.2 Å². The van der Waals surface area contributed by atoms with Crippen LogP contribution in [0.25, 0.3) is 0 Å². The van der Waals surface area contributed by atoms with Crippen LogP contribution in [0.3, 0.4) is 0 Å². The Hall–Kier alpha value is -2.58. The fourth-order valence-electron chi connectivity index (χ4n) is 3.45. The van der Waals surface area contributed by atoms with Crippen molar-refractivity contribution in [3.05, 3.63) is 45.5 Å². The van der Waals surface area contributed by atoms with Gasteiger partial charge < -0.3 is 41.4 Å². The van der Waals surface area contributed by atoms with E-state index in [1.54, 1.807) is 0 Å². The van der Waals surface area contributed by atoms with Gasteiger partial charge in [0.25, 0.3) is 0 Å². The van der Waals surface area contributed by atoms with Crippen LogP contribution in [0.5, 0.6) is 0 Å². The molecule has 0 radical (unpaired) electrons. The van der Waals surface area contributed by atoms with Crippen LogP contribution >= 0.6 is 24.8 Å². The minimum absolute atomic E-state index is 0. The average Bonchev–Trinajstić information content (AvgIpc) is 3.17. The van der Waals surface area contributed by atoms with E-state index in [1.807, 2.05) is 0 Å². The van der Waals surface area contributed by atoms with E-state index in [0.717, 1.165) is 24.5 Å². The van der Waals surface area contributed by atoms with Crippen molar-refractivity contribution < 1.29 is 47.5 Å². The number of alkyl halides is 4. The molecule has 0 amide bonds. The van der Waals surface area contributed by atoms with Gasteiger partial charge in [-0.3, -0.25) is 9.13 Å². The van der Waals surface area contributed by atoms with E-state index in [2.05, 4.69) is 9.97 Å². The molecule has 0 aromatic carbocycles. The van der Waals surface area contributed by atoms with Gasteiger partial charge in [-0.15, -0.1) is 24.8 Å². The van der Waals surface area contributed by atoms with Crippen LogP contribution in [-0.4, -0.2) is 89.0 Å². The van der Waals surface area contributed by atoms with Crippen LogP contribution in [0.15, 0.2) is 34.1 Å². The maximum Gasteiger partial charge on any atom is 0.351 e. The van der Waals surface area contributed by atoms with Gasteiger partial charge in [-0.2, -0.15) is 27.5 Å². The zero-order chi connectivity index (χ0) is 27.0. The molecule has 2 aliphatic rings. The van der Waals surface area contributed by atoms with E-state index < -0.39 is 73.3 Å². The molecule has 0 saturated carbocycles. The first-order chi connectivity index (χ1) is 16.7. The van der Waals surface area contributed by atoms with Gasteiger partial charge in [-0.05, 0) is 12.1 Å². The fourth-order valence-corrected chi connectivity index (χ4v) is 3.45. The van der Waals surface area contributed by atoms with Crippen molar-refractivity contribution in [2.45, 2.75) is 63.6 Å². The first-order valence-corrected chi connectivity index (χ1v) is 10.1. The molecule has 2 fully saturated rings. The molecular formula is C20H32Cl2F4N6O8. The molecule has 4 rings (SSSR count). The number of halogens is 6. The molecule has 0 bridgehead atoms. The van der Waals surface area contributed by atoms with Crippen LogP contribution in [0, 0.1) is 0 Å². The SMILES string of the molecule is C.C.Cl.Cl.Nc1ccn([C@@H]2O[C@H](CO)C(O)C2(F)F)c(=O)n1.Nc1ccn([C@@H]2O[C@H](CO)C(O)C2(F)F)c(=O)n1. The number of ether oxygens (including phenoxy) is 2. The lowest BCUT2D eigenvalue weighted by atomic mass is 10.1. The second-order valence-electron chi connectivity index (χ2n) is 7.74. The molecule has 40 heavy (non-hydrogen) atoms. The molecule has 2 aliphatic heterocycles. The number of aliphatic hydroxyl groups is 4. The summed E-state index contributed by atoms with van der Waals surface area (Å²) in [4.78, 5) is 29.4. The second-order valence-corrected chi connectivity index (χ2v) is 7.74. The lowest BCUT2D eigenvalue weighted by molar-refractivity contribution is -0.141. The molecule has 6 atom stereocenters. The van der Waals surface area contributed by atoms with Gasteiger partial charge in [0, 0.05) is 12.4 Å². The van der Waals surface area contributed by atoms with E-state index in [4.69, 9.17) is 31.2 Å². The molecule has 4 heterocycles. The molecule has 2 aromatic heterocycles. The number of anilines is 2. The normalized spacial score (nSPS) is 27.5. The van der Waals surface area contributed by atoms with Crippen molar-refractivity contribution in [3.63, 3.8) is 0 Å². The highest BCUT2D eigenvalue weighted by atomic mass is 35.5. The number of aromatic nitrogens is 4. The summed E-state index contributed by atoms with van der Waals surface area (Å²) in [6.07, 6.45) is -9.38. The molecule has 8 N–H and O–H groups in total. The highest BCUT2D eigenvalue weighted by Crippen LogP contribution is 2.42. The van der Waals surface area contributed by atoms with Gasteiger partial charge >= 0.3 is 23.2 Å². The number of aliphatic hydroxyl groups excluding tert-OH is 4. The number of nitrogens with two attached hydrogens (primary N) is 2. The van der Waals surface area contributed by atoms with Crippen molar-refractivity contribution in [1.29, 1.82) is 0 Å². The van der Waals surface area contributed by atoms with Crippen molar-refractivity contribution in [2.24, 2.45) is 0 Å². The molecule has 2 saturated heterocycles. The topological polar surface area (TPSA) is 221 Å². The number of nitrogen functional groups attached to an aromatic ring is 2. The molecule has 232 valence electrons. The van der Waals surface area contributed by atoms with Gasteiger partial charge in [-0.25, -0.2) is 9.59 Å². The van der Waals surface area contributed by atoms with Gasteiger partial charge in [-0.1, -0.05) is 14.9 Å². The summed E-state index contributed by atoms with van der Waals surface area (Å²) >= 11 is 0. The van der Waals surface area contributed by atoms with Gasteiger partial charge in [0.2, 0.25) is 12.5 Å². The number of rotatable bonds is 4. The zero-order valence-corrected chi connectivity index (χ0v) is 20.5. The van der Waals surface area contributed by atoms with Crippen molar-refractivity contribution in [2.75, 3.05) is 24.7 Å². The smallest absolute Gasteiger partial charge is 0.351 e. The monoisotopic (exact) mass is 630 g/mol. The third-order valence-corrected chi connectivity index (χ3v) is 5.33. The fraction of sp³-hybridized carbons (Fsp3) is 0.600. The lowest BCUT2D eigenvalue weighted by Gasteiger charge is -2.20. The van der Waals surface area contributed by atoms with Crippen molar-refractivity contribution >= 4 is 36.4 Å². The summed E-state index contributed by atoms with van der Waals surface area (Å²) in [7, 11) is 0. The third kappa shape index (κ3) is 7.38. The molecule has 2 unspecified atom stereocenters. The van der Waals surface area contributed by atoms with E-state index in [9.17, 15) is 37.4 Å². The summed E-state index contributed by atoms with van der Waals surface area (Å²) in [6, 6.07) is 2.30. The molecule has 20 heteroatoms. The van der Waals surface area contributed by atoms with Gasteiger partial charge in [0.15, 0.2) is 12.2 Å². The van der Waals surface area contributed by atoms with Gasteiger partial charge in [0.1, 0.15) is 23.8 Å². The van der Waals surface area contributed by atoms with E-state index in [1.165, 1.54) is 0 Å². The highest BCUT2D eigenvalue weighted by Gasteiger charge is 2.60. The van der Waals surface area contributed by atoms with E-state index in [0.29, 0.717) is 9.13 Å². The minimum atomic E-state index is -3.71. The van der Waals surface area contributed by atoms with Crippen LogP contribution in [0.2, 0.25) is 0 Å². The predicted molar refractivity (Wildman–Crippen MR) is 138 cm³/mol. The average molecular weight is 631 g/mol. The Morgan fingerprint density at radius 1 is 0.775 bits per heavy atom. The summed E-state index contributed by atoms with van der Waals surface area (Å²) in [6.45, 7) is -1.57. The Morgan fingerprint density at radius 2 is 1.07 bits per heavy atom. The van der Waals surface area contributed by atoms with Crippen LogP contribution < -0.4 is 22.8 Å². The summed E-state index contributed by atoms with van der Waals surface area (Å²) in [5, 5.41) is 36.2. The number of hydrogen-bond donors (Lipinski definition) is 6. The minimum Gasteiger partial charge on any atom is -0.394 e. The maximum absolute atomic E-state index is 13.7. The lowest BCUT2D eigenvalue weighted by Crippen LogP contribution is -2.41. The van der Waals surface area contributed by atoms with Crippen LogP contribution in [0.4, 0.5) is 29.2 Å². The number of hydrogen-bond acceptors (Lipinski definition) is 12. The number of nitrogens with zero attached hydrogens (tertiary/aromatic N) is 4. The largest absolute Gasteiger partial charge is 0.394 e. The summed E-state index contributed by atoms with van der Waals surface area (Å²) in [5.41, 5.74) is 8.42. The molecular weight excluding hydrogens is 599 g/mol. The van der Waals surface area contributed by atoms with Crippen molar-refractivity contribution in [1.82, 2.24) is 19.1 Å². The second kappa shape index (κ2) is 14.9.